The summed E-state index contributed by atoms with van der Waals surface area (Å²) in [5, 5.41) is 7.07. The predicted molar refractivity (Wildman–Crippen MR) is 133 cm³/mol. The molecule has 0 spiro atoms. The number of hydrogen-bond acceptors (Lipinski definition) is 6. The number of fused-ring (bicyclic) bond motifs is 3. The van der Waals surface area contributed by atoms with Gasteiger partial charge < -0.3 is 15.0 Å². The number of ether oxygens (including phenoxy) is 1. The highest BCUT2D eigenvalue weighted by Crippen LogP contribution is 2.38. The third kappa shape index (κ3) is 4.72. The molecule has 0 saturated carbocycles. The van der Waals surface area contributed by atoms with Gasteiger partial charge in [0.1, 0.15) is 5.75 Å². The Balaban J connectivity index is 1.15. The van der Waals surface area contributed by atoms with Crippen molar-refractivity contribution in [3.8, 4) is 5.75 Å². The maximum atomic E-state index is 12.8. The van der Waals surface area contributed by atoms with Crippen LogP contribution >= 0.6 is 22.7 Å². The molecule has 2 amide bonds. The first-order chi connectivity index (χ1) is 16.1. The summed E-state index contributed by atoms with van der Waals surface area (Å²) < 4.78 is 8.16. The molecule has 0 bridgehead atoms. The zero-order chi connectivity index (χ0) is 22.8. The van der Waals surface area contributed by atoms with Crippen LogP contribution in [0.4, 0.5) is 0 Å². The van der Waals surface area contributed by atoms with Gasteiger partial charge in [-0.3, -0.25) is 9.59 Å². The number of amides is 2. The number of carbonyl (C=O) groups excluding carboxylic acids is 2. The van der Waals surface area contributed by atoms with Crippen LogP contribution in [0.2, 0.25) is 0 Å². The lowest BCUT2D eigenvalue weighted by atomic mass is 9.96. The quantitative estimate of drug-likeness (QED) is 0.433. The zero-order valence-corrected chi connectivity index (χ0v) is 20.0. The molecule has 2 aromatic heterocycles. The van der Waals surface area contributed by atoms with Crippen molar-refractivity contribution in [2.45, 2.75) is 26.3 Å². The Labute approximate surface area is 200 Å². The Morgan fingerprint density at radius 1 is 1.18 bits per heavy atom. The molecule has 33 heavy (non-hydrogen) atoms. The molecule has 0 aliphatic carbocycles. The maximum Gasteiger partial charge on any atom is 0.260 e. The number of aromatic nitrogens is 1. The van der Waals surface area contributed by atoms with Crippen molar-refractivity contribution in [3.05, 3.63) is 58.4 Å². The van der Waals surface area contributed by atoms with Crippen molar-refractivity contribution in [2.75, 3.05) is 19.7 Å². The topological polar surface area (TPSA) is 71.5 Å². The normalized spacial score (nSPS) is 14.6. The molecule has 1 fully saturated rings. The first-order valence-corrected chi connectivity index (χ1v) is 12.8. The highest BCUT2D eigenvalue weighted by molar-refractivity contribution is 7.21. The summed E-state index contributed by atoms with van der Waals surface area (Å²) in [7, 11) is 0. The van der Waals surface area contributed by atoms with Crippen molar-refractivity contribution in [1.82, 2.24) is 15.2 Å². The van der Waals surface area contributed by atoms with Crippen LogP contribution in [0, 0.1) is 12.8 Å². The summed E-state index contributed by atoms with van der Waals surface area (Å²) in [6, 6.07) is 13.9. The maximum absolute atomic E-state index is 12.8. The fraction of sp³-hybridized carbons (Fsp3) is 0.320. The summed E-state index contributed by atoms with van der Waals surface area (Å²) in [4.78, 5) is 31.8. The molecule has 0 atom stereocenters. The van der Waals surface area contributed by atoms with Gasteiger partial charge in [0.05, 0.1) is 19.9 Å². The number of benzene rings is 2. The van der Waals surface area contributed by atoms with Crippen molar-refractivity contribution in [1.29, 1.82) is 0 Å². The highest BCUT2D eigenvalue weighted by atomic mass is 32.1. The van der Waals surface area contributed by atoms with E-state index in [1.54, 1.807) is 27.6 Å². The third-order valence-electron chi connectivity index (χ3n) is 6.05. The molecule has 0 radical (unpaired) electrons. The molecular weight excluding hydrogens is 454 g/mol. The molecule has 1 aliphatic heterocycles. The van der Waals surface area contributed by atoms with Crippen LogP contribution in [0.3, 0.4) is 0 Å². The number of nitrogens with one attached hydrogen (secondary N) is 1. The molecule has 4 aromatic rings. The molecule has 2 aromatic carbocycles. The first-order valence-electron chi connectivity index (χ1n) is 11.1. The van der Waals surface area contributed by atoms with Gasteiger partial charge >= 0.3 is 0 Å². The summed E-state index contributed by atoms with van der Waals surface area (Å²) in [5.74, 6) is 0.698. The van der Waals surface area contributed by atoms with E-state index in [4.69, 9.17) is 4.74 Å². The molecule has 1 aliphatic rings. The van der Waals surface area contributed by atoms with E-state index in [1.165, 1.54) is 0 Å². The lowest BCUT2D eigenvalue weighted by molar-refractivity contribution is -0.137. The van der Waals surface area contributed by atoms with Crippen molar-refractivity contribution < 1.29 is 14.3 Å². The molecule has 1 saturated heterocycles. The standard InChI is InChI=1S/C25H25N3O3S2/c1-16-27-23-21(33-16)13-20(19-9-12-32-24(19)23)31-15-22(29)28-10-7-18(8-11-28)25(30)26-14-17-5-3-2-4-6-17/h2-6,9,12-13,18H,7-8,10-11,14-15H2,1H3,(H,26,30). The van der Waals surface area contributed by atoms with E-state index in [1.807, 2.05) is 54.8 Å². The Morgan fingerprint density at radius 3 is 2.76 bits per heavy atom. The lowest BCUT2D eigenvalue weighted by Gasteiger charge is -2.31. The van der Waals surface area contributed by atoms with E-state index in [9.17, 15) is 9.59 Å². The third-order valence-corrected chi connectivity index (χ3v) is 7.89. The van der Waals surface area contributed by atoms with E-state index < -0.39 is 0 Å². The highest BCUT2D eigenvalue weighted by Gasteiger charge is 2.27. The molecular formula is C25H25N3O3S2. The Hall–Kier alpha value is -2.97. The lowest BCUT2D eigenvalue weighted by Crippen LogP contribution is -2.44. The summed E-state index contributed by atoms with van der Waals surface area (Å²) >= 11 is 3.28. The van der Waals surface area contributed by atoms with Gasteiger partial charge in [-0.05, 0) is 36.8 Å². The van der Waals surface area contributed by atoms with Crippen LogP contribution in [-0.2, 0) is 16.1 Å². The smallest absolute Gasteiger partial charge is 0.260 e. The minimum absolute atomic E-state index is 0.000883. The first kappa shape index (κ1) is 21.9. The molecule has 5 rings (SSSR count). The van der Waals surface area contributed by atoms with E-state index >= 15 is 0 Å². The van der Waals surface area contributed by atoms with Crippen LogP contribution in [0.15, 0.2) is 47.8 Å². The average Bonchev–Trinajstić information content (AvgIpc) is 3.47. The predicted octanol–water partition coefficient (Wildman–Crippen LogP) is 4.75. The fourth-order valence-corrected chi connectivity index (χ4v) is 6.09. The van der Waals surface area contributed by atoms with Crippen LogP contribution < -0.4 is 10.1 Å². The van der Waals surface area contributed by atoms with Gasteiger partial charge in [0, 0.05) is 37.0 Å². The van der Waals surface area contributed by atoms with E-state index in [2.05, 4.69) is 10.3 Å². The average molecular weight is 480 g/mol. The number of hydrogen-bond donors (Lipinski definition) is 1. The largest absolute Gasteiger partial charge is 0.483 e. The fourth-order valence-electron chi connectivity index (χ4n) is 4.26. The SMILES string of the molecule is Cc1nc2c(cc(OCC(=O)N3CCC(C(=O)NCc4ccccc4)CC3)c3ccsc32)s1. The molecule has 1 N–H and O–H groups in total. The number of aryl methyl sites for hydroxylation is 1. The monoisotopic (exact) mass is 479 g/mol. The molecule has 0 unspecified atom stereocenters. The van der Waals surface area contributed by atoms with Gasteiger partial charge in [0.25, 0.3) is 5.91 Å². The number of thiophene rings is 1. The molecule has 3 heterocycles. The van der Waals surface area contributed by atoms with Gasteiger partial charge in [-0.2, -0.15) is 0 Å². The van der Waals surface area contributed by atoms with Crippen LogP contribution in [0.5, 0.6) is 5.75 Å². The second-order valence-electron chi connectivity index (χ2n) is 8.26. The van der Waals surface area contributed by atoms with Crippen LogP contribution in [0.1, 0.15) is 23.4 Å². The number of piperidine rings is 1. The number of likely N-dealkylation sites (tertiary alicyclic amines) is 1. The second-order valence-corrected chi connectivity index (χ2v) is 10.4. The second kappa shape index (κ2) is 9.49. The minimum atomic E-state index is -0.0545. The van der Waals surface area contributed by atoms with Gasteiger partial charge in [-0.25, -0.2) is 4.98 Å². The summed E-state index contributed by atoms with van der Waals surface area (Å²) in [5.41, 5.74) is 2.09. The Kier molecular flexibility index (Phi) is 6.28. The molecule has 6 nitrogen and oxygen atoms in total. The van der Waals surface area contributed by atoms with E-state index in [0.717, 1.165) is 36.6 Å². The summed E-state index contributed by atoms with van der Waals surface area (Å²) in [6.07, 6.45) is 1.35. The minimum Gasteiger partial charge on any atom is -0.483 e. The molecule has 8 heteroatoms. The van der Waals surface area contributed by atoms with Crippen LogP contribution in [-0.4, -0.2) is 41.4 Å². The van der Waals surface area contributed by atoms with Gasteiger partial charge in [-0.15, -0.1) is 22.7 Å². The van der Waals surface area contributed by atoms with E-state index in [0.29, 0.717) is 32.5 Å². The number of carbonyl (C=O) groups is 2. The Bertz CT molecular complexity index is 1290. The number of rotatable bonds is 6. The van der Waals surface area contributed by atoms with E-state index in [-0.39, 0.29) is 24.3 Å². The van der Waals surface area contributed by atoms with Gasteiger partial charge in [0.2, 0.25) is 5.91 Å². The van der Waals surface area contributed by atoms with Crippen molar-refractivity contribution in [2.24, 2.45) is 5.92 Å². The van der Waals surface area contributed by atoms with Crippen LogP contribution in [0.25, 0.3) is 20.3 Å². The van der Waals surface area contributed by atoms with Crippen molar-refractivity contribution >= 4 is 54.8 Å². The Morgan fingerprint density at radius 2 is 1.97 bits per heavy atom. The number of thiazole rings is 1. The van der Waals surface area contributed by atoms with Gasteiger partial charge in [-0.1, -0.05) is 30.3 Å². The van der Waals surface area contributed by atoms with Crippen molar-refractivity contribution in [3.63, 3.8) is 0 Å². The summed E-state index contributed by atoms with van der Waals surface area (Å²) in [6.45, 7) is 3.69. The number of nitrogens with zero attached hydrogens (tertiary/aromatic N) is 2. The zero-order valence-electron chi connectivity index (χ0n) is 18.4. The molecule has 170 valence electrons. The van der Waals surface area contributed by atoms with Gasteiger partial charge in [0.15, 0.2) is 6.61 Å².